The van der Waals surface area contributed by atoms with E-state index in [0.29, 0.717) is 5.56 Å². The number of carbonyl (C=O) groups is 1. The minimum absolute atomic E-state index is 0.0143. The van der Waals surface area contributed by atoms with Gasteiger partial charge in [-0.15, -0.1) is 0 Å². The summed E-state index contributed by atoms with van der Waals surface area (Å²) in [6.07, 6.45) is 7.51. The van der Waals surface area contributed by atoms with Crippen LogP contribution in [0.25, 0.3) is 0 Å². The maximum absolute atomic E-state index is 12.4. The van der Waals surface area contributed by atoms with Crippen molar-refractivity contribution in [3.63, 3.8) is 0 Å². The van der Waals surface area contributed by atoms with Gasteiger partial charge in [0.05, 0.1) is 23.4 Å². The Balaban J connectivity index is 2.14. The Labute approximate surface area is 114 Å². The Morgan fingerprint density at radius 3 is 2.74 bits per heavy atom. The number of nitrogens with zero attached hydrogens (tertiary/aromatic N) is 2. The lowest BCUT2D eigenvalue weighted by Crippen LogP contribution is -2.52. The second kappa shape index (κ2) is 5.74. The SMILES string of the molecule is CCc1nn(C)cc1C(=O)NC1(CO)CCCCC1. The van der Waals surface area contributed by atoms with Gasteiger partial charge in [-0.1, -0.05) is 26.2 Å². The molecule has 19 heavy (non-hydrogen) atoms. The zero-order chi connectivity index (χ0) is 13.9. The van der Waals surface area contributed by atoms with E-state index < -0.39 is 5.54 Å². The molecular formula is C14H23N3O2. The van der Waals surface area contributed by atoms with Crippen LogP contribution < -0.4 is 5.32 Å². The lowest BCUT2D eigenvalue weighted by Gasteiger charge is -2.36. The molecule has 5 nitrogen and oxygen atoms in total. The molecule has 0 spiro atoms. The van der Waals surface area contributed by atoms with Gasteiger partial charge in [0.15, 0.2) is 0 Å². The fourth-order valence-electron chi connectivity index (χ4n) is 2.84. The van der Waals surface area contributed by atoms with Gasteiger partial charge in [-0.2, -0.15) is 5.10 Å². The van der Waals surface area contributed by atoms with Crippen molar-refractivity contribution in [1.82, 2.24) is 15.1 Å². The average molecular weight is 265 g/mol. The lowest BCUT2D eigenvalue weighted by atomic mass is 9.82. The number of carbonyl (C=O) groups excluding carboxylic acids is 1. The second-order valence-corrected chi connectivity index (χ2v) is 5.47. The highest BCUT2D eigenvalue weighted by molar-refractivity contribution is 5.95. The van der Waals surface area contributed by atoms with Gasteiger partial charge in [0.25, 0.3) is 5.91 Å². The lowest BCUT2D eigenvalue weighted by molar-refractivity contribution is 0.0757. The molecule has 1 saturated carbocycles. The molecule has 0 aliphatic heterocycles. The van der Waals surface area contributed by atoms with E-state index in [1.807, 2.05) is 14.0 Å². The van der Waals surface area contributed by atoms with E-state index >= 15 is 0 Å². The molecule has 0 atom stereocenters. The standard InChI is InChI=1S/C14H23N3O2/c1-3-12-11(9-17(2)16-12)13(19)15-14(10-18)7-5-4-6-8-14/h9,18H,3-8,10H2,1-2H3,(H,15,19). The van der Waals surface area contributed by atoms with E-state index in [1.54, 1.807) is 10.9 Å². The van der Waals surface area contributed by atoms with Crippen molar-refractivity contribution in [3.8, 4) is 0 Å². The minimum atomic E-state index is -0.434. The Hall–Kier alpha value is -1.36. The molecule has 1 aliphatic rings. The Kier molecular flexibility index (Phi) is 4.24. The van der Waals surface area contributed by atoms with Gasteiger partial charge in [-0.25, -0.2) is 0 Å². The first kappa shape index (κ1) is 14.1. The number of nitrogens with one attached hydrogen (secondary N) is 1. The fourth-order valence-corrected chi connectivity index (χ4v) is 2.84. The van der Waals surface area contributed by atoms with Gasteiger partial charge >= 0.3 is 0 Å². The van der Waals surface area contributed by atoms with Gasteiger partial charge in [0.2, 0.25) is 0 Å². The van der Waals surface area contributed by atoms with Crippen molar-refractivity contribution < 1.29 is 9.90 Å². The van der Waals surface area contributed by atoms with Crippen molar-refractivity contribution in [2.45, 2.75) is 51.0 Å². The molecule has 0 bridgehead atoms. The Morgan fingerprint density at radius 1 is 1.47 bits per heavy atom. The summed E-state index contributed by atoms with van der Waals surface area (Å²) in [5, 5.41) is 17.0. The quantitative estimate of drug-likeness (QED) is 0.865. The van der Waals surface area contributed by atoms with Gasteiger partial charge in [0, 0.05) is 13.2 Å². The topological polar surface area (TPSA) is 67.2 Å². The van der Waals surface area contributed by atoms with Crippen LogP contribution in [0.1, 0.15) is 55.1 Å². The number of rotatable bonds is 4. The molecule has 1 heterocycles. The first-order valence-electron chi connectivity index (χ1n) is 7.06. The van der Waals surface area contributed by atoms with Crippen LogP contribution >= 0.6 is 0 Å². The Bertz CT molecular complexity index is 448. The maximum atomic E-state index is 12.4. The first-order valence-corrected chi connectivity index (χ1v) is 7.06. The molecule has 2 rings (SSSR count). The number of amides is 1. The average Bonchev–Trinajstić information content (AvgIpc) is 2.81. The predicted octanol–water partition coefficient (Wildman–Crippen LogP) is 1.41. The van der Waals surface area contributed by atoms with Crippen LogP contribution in [0.2, 0.25) is 0 Å². The molecule has 1 fully saturated rings. The molecule has 5 heteroatoms. The van der Waals surface area contributed by atoms with Gasteiger partial charge in [-0.05, 0) is 19.3 Å². The van der Waals surface area contributed by atoms with Crippen molar-refractivity contribution in [2.75, 3.05) is 6.61 Å². The maximum Gasteiger partial charge on any atom is 0.255 e. The molecule has 0 aromatic carbocycles. The largest absolute Gasteiger partial charge is 0.394 e. The Morgan fingerprint density at radius 2 is 2.16 bits per heavy atom. The summed E-state index contributed by atoms with van der Waals surface area (Å²) >= 11 is 0. The van der Waals surface area contributed by atoms with Crippen LogP contribution in [0.4, 0.5) is 0 Å². The number of aliphatic hydroxyl groups is 1. The summed E-state index contributed by atoms with van der Waals surface area (Å²) in [6.45, 7) is 2.00. The molecule has 1 amide bonds. The van der Waals surface area contributed by atoms with Gasteiger partial charge in [0.1, 0.15) is 0 Å². The molecule has 2 N–H and O–H groups in total. The zero-order valence-electron chi connectivity index (χ0n) is 11.8. The molecule has 0 saturated heterocycles. The van der Waals surface area contributed by atoms with Crippen LogP contribution in [0.5, 0.6) is 0 Å². The van der Waals surface area contributed by atoms with Gasteiger partial charge in [-0.3, -0.25) is 9.48 Å². The third-order valence-electron chi connectivity index (χ3n) is 3.98. The van der Waals surface area contributed by atoms with E-state index in [0.717, 1.165) is 37.8 Å². The van der Waals surface area contributed by atoms with E-state index in [2.05, 4.69) is 10.4 Å². The smallest absolute Gasteiger partial charge is 0.255 e. The summed E-state index contributed by atoms with van der Waals surface area (Å²) in [4.78, 5) is 12.4. The summed E-state index contributed by atoms with van der Waals surface area (Å²) < 4.78 is 1.67. The van der Waals surface area contributed by atoms with E-state index in [4.69, 9.17) is 0 Å². The predicted molar refractivity (Wildman–Crippen MR) is 73.0 cm³/mol. The molecule has 0 radical (unpaired) electrons. The highest BCUT2D eigenvalue weighted by Gasteiger charge is 2.33. The third kappa shape index (κ3) is 2.97. The minimum Gasteiger partial charge on any atom is -0.394 e. The van der Waals surface area contributed by atoms with Crippen LogP contribution in [-0.2, 0) is 13.5 Å². The molecular weight excluding hydrogens is 242 g/mol. The summed E-state index contributed by atoms with van der Waals surface area (Å²) in [5.74, 6) is -0.110. The molecule has 1 aromatic rings. The van der Waals surface area contributed by atoms with Crippen LogP contribution in [0.15, 0.2) is 6.20 Å². The molecule has 1 aliphatic carbocycles. The van der Waals surface area contributed by atoms with E-state index in [9.17, 15) is 9.90 Å². The summed E-state index contributed by atoms with van der Waals surface area (Å²) in [7, 11) is 1.82. The number of aryl methyl sites for hydroxylation is 2. The van der Waals surface area contributed by atoms with Crippen LogP contribution in [0, 0.1) is 0 Å². The van der Waals surface area contributed by atoms with Crippen molar-refractivity contribution in [1.29, 1.82) is 0 Å². The van der Waals surface area contributed by atoms with Crippen LogP contribution in [0.3, 0.4) is 0 Å². The highest BCUT2D eigenvalue weighted by Crippen LogP contribution is 2.28. The fraction of sp³-hybridized carbons (Fsp3) is 0.714. The highest BCUT2D eigenvalue weighted by atomic mass is 16.3. The monoisotopic (exact) mass is 265 g/mol. The summed E-state index contributed by atoms with van der Waals surface area (Å²) in [6, 6.07) is 0. The summed E-state index contributed by atoms with van der Waals surface area (Å²) in [5.41, 5.74) is 1.00. The second-order valence-electron chi connectivity index (χ2n) is 5.47. The van der Waals surface area contributed by atoms with Crippen molar-refractivity contribution in [3.05, 3.63) is 17.5 Å². The zero-order valence-corrected chi connectivity index (χ0v) is 11.8. The third-order valence-corrected chi connectivity index (χ3v) is 3.98. The molecule has 106 valence electrons. The normalized spacial score (nSPS) is 18.3. The number of aliphatic hydroxyl groups excluding tert-OH is 1. The number of hydrogen-bond acceptors (Lipinski definition) is 3. The van der Waals surface area contributed by atoms with Crippen LogP contribution in [-0.4, -0.2) is 32.9 Å². The van der Waals surface area contributed by atoms with Crippen molar-refractivity contribution in [2.24, 2.45) is 7.05 Å². The first-order chi connectivity index (χ1) is 9.10. The van der Waals surface area contributed by atoms with Crippen molar-refractivity contribution >= 4 is 5.91 Å². The van der Waals surface area contributed by atoms with E-state index in [1.165, 1.54) is 6.42 Å². The molecule has 1 aromatic heterocycles. The van der Waals surface area contributed by atoms with E-state index in [-0.39, 0.29) is 12.5 Å². The van der Waals surface area contributed by atoms with Gasteiger partial charge < -0.3 is 10.4 Å². The number of hydrogen-bond donors (Lipinski definition) is 2. The molecule has 0 unspecified atom stereocenters. The number of aromatic nitrogens is 2.